The van der Waals surface area contributed by atoms with E-state index in [-0.39, 0.29) is 16.9 Å². The highest BCUT2D eigenvalue weighted by molar-refractivity contribution is 9.10. The van der Waals surface area contributed by atoms with Crippen molar-refractivity contribution in [2.24, 2.45) is 0 Å². The molecule has 1 aliphatic rings. The minimum absolute atomic E-state index is 0.0236. The molecule has 5 nitrogen and oxygen atoms in total. The highest BCUT2D eigenvalue weighted by Gasteiger charge is 2.44. The van der Waals surface area contributed by atoms with E-state index in [0.29, 0.717) is 16.1 Å². The second-order valence-electron chi connectivity index (χ2n) is 7.83. The van der Waals surface area contributed by atoms with Crippen LogP contribution in [0.25, 0.3) is 0 Å². The molecule has 0 spiro atoms. The Balaban J connectivity index is 2.00. The normalized spacial score (nSPS) is 19.2. The molecular formula is C25H21BrClNO4S. The van der Waals surface area contributed by atoms with Gasteiger partial charge >= 0.3 is 5.97 Å². The average molecular weight is 547 g/mol. The third-order valence-electron chi connectivity index (χ3n) is 5.73. The van der Waals surface area contributed by atoms with Gasteiger partial charge in [0.25, 0.3) is 0 Å². The first-order chi connectivity index (χ1) is 15.7. The predicted molar refractivity (Wildman–Crippen MR) is 132 cm³/mol. The minimum Gasteiger partial charge on any atom is -0.478 e. The molecule has 8 heteroatoms. The molecule has 2 atom stereocenters. The molecule has 0 bridgehead atoms. The third-order valence-corrected chi connectivity index (χ3v) is 8.51. The van der Waals surface area contributed by atoms with Gasteiger partial charge in [-0.3, -0.25) is 0 Å². The summed E-state index contributed by atoms with van der Waals surface area (Å²) in [7, 11) is -4.10. The van der Waals surface area contributed by atoms with E-state index in [4.69, 9.17) is 11.6 Å². The van der Waals surface area contributed by atoms with E-state index in [0.717, 1.165) is 10.0 Å². The maximum Gasteiger partial charge on any atom is 0.333 e. The van der Waals surface area contributed by atoms with Crippen LogP contribution in [0, 0.1) is 6.92 Å². The molecule has 170 valence electrons. The van der Waals surface area contributed by atoms with Gasteiger partial charge in [-0.1, -0.05) is 76.1 Å². The molecule has 0 aliphatic carbocycles. The molecule has 3 aromatic rings. The van der Waals surface area contributed by atoms with E-state index in [1.165, 1.54) is 4.31 Å². The molecule has 1 unspecified atom stereocenters. The number of halogens is 2. The fourth-order valence-electron chi connectivity index (χ4n) is 4.21. The number of benzene rings is 3. The van der Waals surface area contributed by atoms with E-state index in [9.17, 15) is 18.3 Å². The summed E-state index contributed by atoms with van der Waals surface area (Å²) in [5, 5.41) is 10.6. The van der Waals surface area contributed by atoms with Crippen molar-refractivity contribution in [1.29, 1.82) is 0 Å². The van der Waals surface area contributed by atoms with E-state index >= 15 is 0 Å². The predicted octanol–water partition coefficient (Wildman–Crippen LogP) is 6.30. The lowest BCUT2D eigenvalue weighted by molar-refractivity contribution is -0.133. The van der Waals surface area contributed by atoms with Crippen LogP contribution in [0.4, 0.5) is 0 Å². The number of carboxylic acids is 1. The van der Waals surface area contributed by atoms with Crippen LogP contribution in [-0.4, -0.2) is 23.8 Å². The van der Waals surface area contributed by atoms with Crippen molar-refractivity contribution in [2.75, 3.05) is 0 Å². The second-order valence-corrected chi connectivity index (χ2v) is 11.0. The van der Waals surface area contributed by atoms with Crippen LogP contribution in [0.15, 0.2) is 93.8 Å². The van der Waals surface area contributed by atoms with Crippen molar-refractivity contribution in [3.63, 3.8) is 0 Å². The van der Waals surface area contributed by atoms with Gasteiger partial charge in [-0.15, -0.1) is 0 Å². The van der Waals surface area contributed by atoms with Crippen LogP contribution >= 0.6 is 27.5 Å². The summed E-state index contributed by atoms with van der Waals surface area (Å²) in [6.07, 6.45) is 1.84. The lowest BCUT2D eigenvalue weighted by Crippen LogP contribution is -2.42. The fourth-order valence-corrected chi connectivity index (χ4v) is 6.76. The van der Waals surface area contributed by atoms with Gasteiger partial charge in [0.05, 0.1) is 22.6 Å². The van der Waals surface area contributed by atoms with Crippen molar-refractivity contribution in [3.8, 4) is 0 Å². The van der Waals surface area contributed by atoms with Crippen LogP contribution in [0.2, 0.25) is 5.02 Å². The Morgan fingerprint density at radius 2 is 1.73 bits per heavy atom. The van der Waals surface area contributed by atoms with Crippen molar-refractivity contribution in [1.82, 2.24) is 4.31 Å². The fraction of sp³-hybridized carbons (Fsp3) is 0.160. The standard InChI is InChI=1S/C25H21BrClNO4S/c1-16-5-2-3-8-23(16)33(31,32)28-22(17-9-11-20(27)12-10-17)14-13-21(25(29)30)24(28)18-6-4-7-19(26)15-18/h2-13,15,22,24H,14H2,1H3,(H,29,30)/t22?,24-/m0/s1. The monoisotopic (exact) mass is 545 g/mol. The van der Waals surface area contributed by atoms with Gasteiger partial charge in [-0.2, -0.15) is 4.31 Å². The number of aliphatic carboxylic acids is 1. The van der Waals surface area contributed by atoms with E-state index in [2.05, 4.69) is 15.9 Å². The van der Waals surface area contributed by atoms with E-state index < -0.39 is 28.1 Å². The Morgan fingerprint density at radius 1 is 1.03 bits per heavy atom. The maximum atomic E-state index is 14.2. The largest absolute Gasteiger partial charge is 0.478 e. The molecule has 1 N–H and O–H groups in total. The Hall–Kier alpha value is -2.45. The molecule has 0 saturated carbocycles. The van der Waals surface area contributed by atoms with Crippen molar-refractivity contribution < 1.29 is 18.3 Å². The Morgan fingerprint density at radius 3 is 2.36 bits per heavy atom. The molecule has 1 heterocycles. The molecule has 0 fully saturated rings. The molecule has 0 aromatic heterocycles. The summed E-state index contributed by atoms with van der Waals surface area (Å²) < 4.78 is 30.4. The smallest absolute Gasteiger partial charge is 0.333 e. The third kappa shape index (κ3) is 4.64. The molecular weight excluding hydrogens is 526 g/mol. The zero-order valence-electron chi connectivity index (χ0n) is 17.7. The second kappa shape index (κ2) is 9.43. The Kier molecular flexibility index (Phi) is 6.77. The molecule has 4 rings (SSSR count). The maximum absolute atomic E-state index is 14.2. The van der Waals surface area contributed by atoms with Gasteiger partial charge in [0.15, 0.2) is 0 Å². The van der Waals surface area contributed by atoms with Crippen LogP contribution in [0.1, 0.15) is 35.2 Å². The highest BCUT2D eigenvalue weighted by atomic mass is 79.9. The van der Waals surface area contributed by atoms with Gasteiger partial charge in [0.1, 0.15) is 0 Å². The van der Waals surface area contributed by atoms with Gasteiger partial charge in [-0.05, 0) is 60.4 Å². The summed E-state index contributed by atoms with van der Waals surface area (Å²) >= 11 is 9.50. The number of sulfonamides is 1. The molecule has 1 aliphatic heterocycles. The van der Waals surface area contributed by atoms with Gasteiger partial charge in [0.2, 0.25) is 10.0 Å². The van der Waals surface area contributed by atoms with E-state index in [1.54, 1.807) is 79.7 Å². The number of carbonyl (C=O) groups is 1. The van der Waals surface area contributed by atoms with Crippen molar-refractivity contribution >= 4 is 43.5 Å². The Bertz CT molecular complexity index is 1340. The van der Waals surface area contributed by atoms with Gasteiger partial charge < -0.3 is 5.11 Å². The highest BCUT2D eigenvalue weighted by Crippen LogP contribution is 2.46. The zero-order valence-corrected chi connectivity index (χ0v) is 20.8. The molecule has 3 aromatic carbocycles. The first-order valence-corrected chi connectivity index (χ1v) is 12.8. The lowest BCUT2D eigenvalue weighted by Gasteiger charge is -2.41. The van der Waals surface area contributed by atoms with Gasteiger partial charge in [-0.25, -0.2) is 13.2 Å². The Labute approximate surface area is 206 Å². The zero-order chi connectivity index (χ0) is 23.8. The van der Waals surface area contributed by atoms with Crippen LogP contribution in [0.5, 0.6) is 0 Å². The minimum atomic E-state index is -4.10. The molecule has 0 saturated heterocycles. The van der Waals surface area contributed by atoms with Crippen LogP contribution in [-0.2, 0) is 14.8 Å². The number of hydrogen-bond acceptors (Lipinski definition) is 3. The van der Waals surface area contributed by atoms with Crippen molar-refractivity contribution in [3.05, 3.63) is 111 Å². The number of hydrogen-bond donors (Lipinski definition) is 1. The summed E-state index contributed by atoms with van der Waals surface area (Å²) in [4.78, 5) is 12.4. The number of nitrogens with zero attached hydrogens (tertiary/aromatic N) is 1. The average Bonchev–Trinajstić information content (AvgIpc) is 2.78. The molecule has 0 amide bonds. The van der Waals surface area contributed by atoms with Crippen LogP contribution < -0.4 is 0 Å². The molecule has 33 heavy (non-hydrogen) atoms. The summed E-state index contributed by atoms with van der Waals surface area (Å²) in [6.45, 7) is 1.73. The van der Waals surface area contributed by atoms with Gasteiger partial charge in [0, 0.05) is 9.50 Å². The SMILES string of the molecule is Cc1ccccc1S(=O)(=O)N1C(c2ccc(Cl)cc2)CC=C(C(=O)O)[C@@H]1c1cccc(Br)c1. The topological polar surface area (TPSA) is 74.7 Å². The number of aryl methyl sites for hydroxylation is 1. The summed E-state index contributed by atoms with van der Waals surface area (Å²) in [6, 6.07) is 19.2. The number of rotatable bonds is 5. The molecule has 0 radical (unpaired) electrons. The first-order valence-electron chi connectivity index (χ1n) is 10.2. The summed E-state index contributed by atoms with van der Waals surface area (Å²) in [5.41, 5.74) is 1.91. The first kappa shape index (κ1) is 23.7. The quantitative estimate of drug-likeness (QED) is 0.408. The van der Waals surface area contributed by atoms with E-state index in [1.807, 2.05) is 6.07 Å². The lowest BCUT2D eigenvalue weighted by atomic mass is 9.89. The van der Waals surface area contributed by atoms with Crippen molar-refractivity contribution in [2.45, 2.75) is 30.3 Å². The van der Waals surface area contributed by atoms with Crippen LogP contribution in [0.3, 0.4) is 0 Å². The number of carboxylic acid groups (broad SMARTS) is 1. The summed E-state index contributed by atoms with van der Waals surface area (Å²) in [5.74, 6) is -1.15.